The van der Waals surface area contributed by atoms with Gasteiger partial charge < -0.3 is 9.88 Å². The zero-order valence-electron chi connectivity index (χ0n) is 17.3. The van der Waals surface area contributed by atoms with Gasteiger partial charge in [0.05, 0.1) is 22.1 Å². The Morgan fingerprint density at radius 2 is 1.88 bits per heavy atom. The summed E-state index contributed by atoms with van der Waals surface area (Å²) in [6.07, 6.45) is 3.31. The molecule has 156 valence electrons. The van der Waals surface area contributed by atoms with Crippen molar-refractivity contribution in [3.8, 4) is 6.07 Å². The number of fused-ring (bicyclic) bond motifs is 5. The molecule has 0 radical (unpaired) electrons. The molecule has 0 fully saturated rings. The molecule has 1 N–H and O–H groups in total. The molecule has 32 heavy (non-hydrogen) atoms. The summed E-state index contributed by atoms with van der Waals surface area (Å²) in [6.45, 7) is 0.482. The minimum atomic E-state index is -0.0962. The second-order valence-electron chi connectivity index (χ2n) is 8.02. The molecule has 0 saturated carbocycles. The van der Waals surface area contributed by atoms with Gasteiger partial charge in [-0.15, -0.1) is 11.3 Å². The van der Waals surface area contributed by atoms with Crippen LogP contribution in [0.5, 0.6) is 0 Å². The lowest BCUT2D eigenvalue weighted by atomic mass is 10.1. The van der Waals surface area contributed by atoms with Crippen LogP contribution in [0, 0.1) is 11.3 Å². The second kappa shape index (κ2) is 7.43. The van der Waals surface area contributed by atoms with Crippen LogP contribution in [0.1, 0.15) is 28.8 Å². The van der Waals surface area contributed by atoms with E-state index in [0.717, 1.165) is 57.9 Å². The average molecular weight is 438 g/mol. The normalized spacial score (nSPS) is 13.0. The smallest absolute Gasteiger partial charge is 0.226 e. The van der Waals surface area contributed by atoms with Gasteiger partial charge in [-0.25, -0.2) is 9.97 Å². The minimum Gasteiger partial charge on any atom is -0.323 e. The van der Waals surface area contributed by atoms with E-state index in [9.17, 15) is 10.1 Å². The van der Waals surface area contributed by atoms with Gasteiger partial charge in [0.15, 0.2) is 5.65 Å². The van der Waals surface area contributed by atoms with Gasteiger partial charge in [-0.1, -0.05) is 30.3 Å². The monoisotopic (exact) mass is 437 g/mol. The molecule has 0 unspecified atom stereocenters. The SMILES string of the molecule is N#Cc1c(NC(=O)CCn2c3ccccc3c3nc4ccccc4nc32)sc2c1CCC2. The van der Waals surface area contributed by atoms with Crippen LogP contribution in [-0.4, -0.2) is 20.4 Å². The number of nitrogens with one attached hydrogen (secondary N) is 1. The molecule has 0 aliphatic heterocycles. The maximum atomic E-state index is 12.8. The predicted octanol–water partition coefficient (Wildman–Crippen LogP) is 5.19. The fourth-order valence-corrected chi connectivity index (χ4v) is 5.88. The minimum absolute atomic E-state index is 0.0962. The number of anilines is 1. The Bertz CT molecular complexity index is 1570. The van der Waals surface area contributed by atoms with Crippen molar-refractivity contribution in [2.45, 2.75) is 32.2 Å². The number of aryl methyl sites for hydroxylation is 2. The van der Waals surface area contributed by atoms with Crippen molar-refractivity contribution >= 4 is 55.3 Å². The molecule has 0 bridgehead atoms. The molecule has 3 aromatic heterocycles. The molecule has 0 spiro atoms. The van der Waals surface area contributed by atoms with Crippen molar-refractivity contribution in [2.24, 2.45) is 0 Å². The van der Waals surface area contributed by atoms with E-state index in [1.54, 1.807) is 11.3 Å². The third-order valence-electron chi connectivity index (χ3n) is 6.11. The van der Waals surface area contributed by atoms with Gasteiger partial charge in [0.25, 0.3) is 0 Å². The standard InChI is InChI=1S/C25H19N5OS/c26-14-17-15-7-5-11-21(15)32-25(17)29-22(31)12-13-30-20-10-4-1-6-16(20)23-24(30)28-19-9-3-2-8-18(19)27-23/h1-4,6,8-10H,5,7,11-13H2,(H,29,31). The average Bonchev–Trinajstić information content (AvgIpc) is 3.48. The molecule has 2 aromatic carbocycles. The zero-order chi connectivity index (χ0) is 21.7. The molecule has 1 aliphatic carbocycles. The molecule has 1 amide bonds. The van der Waals surface area contributed by atoms with Crippen LogP contribution in [0.3, 0.4) is 0 Å². The summed E-state index contributed by atoms with van der Waals surface area (Å²) >= 11 is 1.55. The third-order valence-corrected chi connectivity index (χ3v) is 7.31. The first-order valence-electron chi connectivity index (χ1n) is 10.7. The molecular formula is C25H19N5OS. The number of benzene rings is 2. The number of carbonyl (C=O) groups is 1. The molecule has 3 heterocycles. The van der Waals surface area contributed by atoms with E-state index in [1.807, 2.05) is 48.5 Å². The highest BCUT2D eigenvalue weighted by molar-refractivity contribution is 7.16. The van der Waals surface area contributed by atoms with Crippen LogP contribution < -0.4 is 5.32 Å². The van der Waals surface area contributed by atoms with Gasteiger partial charge in [0.1, 0.15) is 16.6 Å². The quantitative estimate of drug-likeness (QED) is 0.419. The third kappa shape index (κ3) is 2.95. The molecule has 1 aliphatic rings. The number of aromatic nitrogens is 3. The number of carbonyl (C=O) groups excluding carboxylic acids is 1. The van der Waals surface area contributed by atoms with Crippen LogP contribution >= 0.6 is 11.3 Å². The number of amides is 1. The van der Waals surface area contributed by atoms with Crippen LogP contribution in [0.2, 0.25) is 0 Å². The number of hydrogen-bond acceptors (Lipinski definition) is 5. The lowest BCUT2D eigenvalue weighted by Crippen LogP contribution is -2.14. The van der Waals surface area contributed by atoms with Gasteiger partial charge in [0.2, 0.25) is 5.91 Å². The van der Waals surface area contributed by atoms with Crippen LogP contribution in [0.25, 0.3) is 33.1 Å². The Labute approximate surface area is 188 Å². The zero-order valence-corrected chi connectivity index (χ0v) is 18.1. The summed E-state index contributed by atoms with van der Waals surface area (Å²) in [4.78, 5) is 23.8. The summed E-state index contributed by atoms with van der Waals surface area (Å²) < 4.78 is 2.07. The van der Waals surface area contributed by atoms with Crippen LogP contribution in [0.15, 0.2) is 48.5 Å². The second-order valence-corrected chi connectivity index (χ2v) is 9.13. The molecule has 6 rings (SSSR count). The van der Waals surface area contributed by atoms with Crippen molar-refractivity contribution in [3.63, 3.8) is 0 Å². The van der Waals surface area contributed by atoms with E-state index in [0.29, 0.717) is 17.1 Å². The van der Waals surface area contributed by atoms with E-state index < -0.39 is 0 Å². The van der Waals surface area contributed by atoms with E-state index >= 15 is 0 Å². The number of thiophene rings is 1. The maximum Gasteiger partial charge on any atom is 0.226 e. The first-order valence-corrected chi connectivity index (χ1v) is 11.5. The Kier molecular flexibility index (Phi) is 4.40. The summed E-state index contributed by atoms with van der Waals surface area (Å²) in [6, 6.07) is 18.2. The number of para-hydroxylation sites is 3. The molecule has 0 atom stereocenters. The van der Waals surface area contributed by atoms with E-state index in [4.69, 9.17) is 9.97 Å². The summed E-state index contributed by atoms with van der Waals surface area (Å²) in [5, 5.41) is 14.3. The molecule has 0 saturated heterocycles. The lowest BCUT2D eigenvalue weighted by Gasteiger charge is -2.08. The largest absolute Gasteiger partial charge is 0.323 e. The van der Waals surface area contributed by atoms with Crippen molar-refractivity contribution in [2.75, 3.05) is 5.32 Å². The number of hydrogen-bond donors (Lipinski definition) is 1. The highest BCUT2D eigenvalue weighted by Crippen LogP contribution is 2.38. The van der Waals surface area contributed by atoms with Gasteiger partial charge in [0, 0.05) is 23.2 Å². The van der Waals surface area contributed by atoms with Crippen LogP contribution in [-0.2, 0) is 24.2 Å². The maximum absolute atomic E-state index is 12.8. The van der Waals surface area contributed by atoms with Crippen molar-refractivity contribution < 1.29 is 4.79 Å². The fraction of sp³-hybridized carbons (Fsp3) is 0.200. The number of nitrogens with zero attached hydrogens (tertiary/aromatic N) is 4. The summed E-state index contributed by atoms with van der Waals surface area (Å²) in [5.74, 6) is -0.0962. The molecule has 6 nitrogen and oxygen atoms in total. The highest BCUT2D eigenvalue weighted by atomic mass is 32.1. The molecular weight excluding hydrogens is 418 g/mol. The Hall–Kier alpha value is -3.76. The first kappa shape index (κ1) is 19.0. The molecule has 5 aromatic rings. The molecule has 7 heteroatoms. The topological polar surface area (TPSA) is 83.6 Å². The van der Waals surface area contributed by atoms with Gasteiger partial charge in [-0.2, -0.15) is 5.26 Å². The summed E-state index contributed by atoms with van der Waals surface area (Å²) in [7, 11) is 0. The Morgan fingerprint density at radius 3 is 2.72 bits per heavy atom. The van der Waals surface area contributed by atoms with Crippen molar-refractivity contribution in [1.29, 1.82) is 5.26 Å². The van der Waals surface area contributed by atoms with E-state index in [-0.39, 0.29) is 12.3 Å². The first-order chi connectivity index (χ1) is 15.7. The summed E-state index contributed by atoms with van der Waals surface area (Å²) in [5.41, 5.74) is 6.10. The van der Waals surface area contributed by atoms with Crippen molar-refractivity contribution in [1.82, 2.24) is 14.5 Å². The van der Waals surface area contributed by atoms with Crippen molar-refractivity contribution in [3.05, 3.63) is 64.5 Å². The number of rotatable bonds is 4. The fourth-order valence-electron chi connectivity index (χ4n) is 4.62. The van der Waals surface area contributed by atoms with Gasteiger partial charge >= 0.3 is 0 Å². The number of nitriles is 1. The van der Waals surface area contributed by atoms with E-state index in [1.165, 1.54) is 4.88 Å². The lowest BCUT2D eigenvalue weighted by molar-refractivity contribution is -0.116. The Morgan fingerprint density at radius 1 is 1.09 bits per heavy atom. The predicted molar refractivity (Wildman–Crippen MR) is 127 cm³/mol. The van der Waals surface area contributed by atoms with Gasteiger partial charge in [-0.3, -0.25) is 4.79 Å². The van der Waals surface area contributed by atoms with Gasteiger partial charge in [-0.05, 0) is 43.0 Å². The Balaban J connectivity index is 1.33. The van der Waals surface area contributed by atoms with Crippen LogP contribution in [0.4, 0.5) is 5.00 Å². The van der Waals surface area contributed by atoms with E-state index in [2.05, 4.69) is 16.0 Å². The highest BCUT2D eigenvalue weighted by Gasteiger charge is 2.23.